The van der Waals surface area contributed by atoms with E-state index < -0.39 is 5.97 Å². The van der Waals surface area contributed by atoms with Crippen LogP contribution in [0.2, 0.25) is 0 Å². The highest BCUT2D eigenvalue weighted by molar-refractivity contribution is 7.15. The summed E-state index contributed by atoms with van der Waals surface area (Å²) in [5.41, 5.74) is 4.36. The van der Waals surface area contributed by atoms with Crippen LogP contribution in [-0.2, 0) is 4.74 Å². The van der Waals surface area contributed by atoms with Crippen molar-refractivity contribution in [1.29, 1.82) is 0 Å². The van der Waals surface area contributed by atoms with E-state index in [1.165, 1.54) is 11.3 Å². The van der Waals surface area contributed by atoms with Gasteiger partial charge in [0.05, 0.1) is 37.6 Å². The molecule has 39 heavy (non-hydrogen) atoms. The number of fused-ring (bicyclic) bond motifs is 1. The predicted molar refractivity (Wildman–Crippen MR) is 154 cm³/mol. The molecule has 8 heteroatoms. The van der Waals surface area contributed by atoms with E-state index in [2.05, 4.69) is 5.32 Å². The Morgan fingerprint density at radius 2 is 1.62 bits per heavy atom. The number of hydrogen-bond donors (Lipinski definition) is 1. The van der Waals surface area contributed by atoms with Gasteiger partial charge in [-0.15, -0.1) is 11.3 Å². The standard InChI is InChI=1S/C31H26N2O5S/c1-4-38-31(35)28-23(19-10-6-5-7-11-19)18-39-30(28)33-29(34)22-17-25(32-24-13-9-8-12-21(22)24)20-14-15-26(36-2)27(16-20)37-3/h5-18H,4H2,1-3H3,(H,33,34). The normalized spacial score (nSPS) is 10.7. The van der Waals surface area contributed by atoms with Gasteiger partial charge in [-0.1, -0.05) is 48.5 Å². The van der Waals surface area contributed by atoms with Gasteiger partial charge >= 0.3 is 5.97 Å². The molecule has 0 spiro atoms. The van der Waals surface area contributed by atoms with Gasteiger partial charge < -0.3 is 19.5 Å². The summed E-state index contributed by atoms with van der Waals surface area (Å²) in [7, 11) is 3.15. The molecule has 2 aromatic heterocycles. The second kappa shape index (κ2) is 11.4. The third-order valence-corrected chi connectivity index (χ3v) is 7.12. The molecule has 5 aromatic rings. The predicted octanol–water partition coefficient (Wildman–Crippen LogP) is 7.08. The number of hydrogen-bond acceptors (Lipinski definition) is 7. The molecule has 0 aliphatic rings. The van der Waals surface area contributed by atoms with Crippen LogP contribution in [0.4, 0.5) is 5.00 Å². The lowest BCUT2D eigenvalue weighted by Crippen LogP contribution is -2.15. The van der Waals surface area contributed by atoms with E-state index >= 15 is 0 Å². The van der Waals surface area contributed by atoms with Crippen LogP contribution in [0.3, 0.4) is 0 Å². The lowest BCUT2D eigenvalue weighted by atomic mass is 10.0. The van der Waals surface area contributed by atoms with Gasteiger partial charge in [0.1, 0.15) is 10.6 Å². The van der Waals surface area contributed by atoms with Crippen molar-refractivity contribution in [2.45, 2.75) is 6.92 Å². The number of rotatable bonds is 8. The average Bonchev–Trinajstić information content (AvgIpc) is 3.40. The molecule has 5 rings (SSSR count). The van der Waals surface area contributed by atoms with Crippen molar-refractivity contribution in [2.75, 3.05) is 26.1 Å². The van der Waals surface area contributed by atoms with Gasteiger partial charge in [0.25, 0.3) is 5.91 Å². The summed E-state index contributed by atoms with van der Waals surface area (Å²) < 4.78 is 16.2. The summed E-state index contributed by atoms with van der Waals surface area (Å²) in [6, 6.07) is 24.2. The molecular formula is C31H26N2O5S. The number of pyridine rings is 1. The van der Waals surface area contributed by atoms with Gasteiger partial charge in [0.2, 0.25) is 0 Å². The van der Waals surface area contributed by atoms with Crippen molar-refractivity contribution in [3.05, 3.63) is 95.4 Å². The van der Waals surface area contributed by atoms with E-state index in [9.17, 15) is 9.59 Å². The number of nitrogens with zero attached hydrogens (tertiary/aromatic N) is 1. The van der Waals surface area contributed by atoms with Crippen LogP contribution in [0.5, 0.6) is 11.5 Å². The fraction of sp³-hybridized carbons (Fsp3) is 0.129. The van der Waals surface area contributed by atoms with Crippen LogP contribution in [0.1, 0.15) is 27.6 Å². The molecule has 1 N–H and O–H groups in total. The first-order chi connectivity index (χ1) is 19.0. The zero-order valence-corrected chi connectivity index (χ0v) is 22.5. The lowest BCUT2D eigenvalue weighted by molar-refractivity contribution is 0.0529. The molecule has 2 heterocycles. The van der Waals surface area contributed by atoms with Crippen LogP contribution < -0.4 is 14.8 Å². The third-order valence-electron chi connectivity index (χ3n) is 6.22. The number of ether oxygens (including phenoxy) is 3. The van der Waals surface area contributed by atoms with Gasteiger partial charge in [-0.25, -0.2) is 9.78 Å². The molecule has 7 nitrogen and oxygen atoms in total. The Morgan fingerprint density at radius 1 is 0.872 bits per heavy atom. The summed E-state index contributed by atoms with van der Waals surface area (Å²) in [6.45, 7) is 1.98. The van der Waals surface area contributed by atoms with E-state index in [4.69, 9.17) is 19.2 Å². The molecule has 0 aliphatic carbocycles. The maximum atomic E-state index is 13.8. The van der Waals surface area contributed by atoms with Gasteiger partial charge in [-0.2, -0.15) is 0 Å². The van der Waals surface area contributed by atoms with Gasteiger partial charge in [0, 0.05) is 21.9 Å². The maximum Gasteiger partial charge on any atom is 0.341 e. The van der Waals surface area contributed by atoms with Crippen LogP contribution >= 0.6 is 11.3 Å². The maximum absolute atomic E-state index is 13.8. The number of nitrogens with one attached hydrogen (secondary N) is 1. The summed E-state index contributed by atoms with van der Waals surface area (Å²) in [4.78, 5) is 31.6. The average molecular weight is 539 g/mol. The highest BCUT2D eigenvalue weighted by atomic mass is 32.1. The molecular weight excluding hydrogens is 512 g/mol. The van der Waals surface area contributed by atoms with E-state index in [1.807, 2.05) is 72.1 Å². The molecule has 196 valence electrons. The highest BCUT2D eigenvalue weighted by Crippen LogP contribution is 2.37. The van der Waals surface area contributed by atoms with Gasteiger partial charge in [-0.05, 0) is 42.8 Å². The Hall–Kier alpha value is -4.69. The molecule has 0 saturated carbocycles. The fourth-order valence-electron chi connectivity index (χ4n) is 4.36. The number of esters is 1. The van der Waals surface area contributed by atoms with Crippen molar-refractivity contribution >= 4 is 39.1 Å². The number of amides is 1. The number of methoxy groups -OCH3 is 2. The van der Waals surface area contributed by atoms with Gasteiger partial charge in [0.15, 0.2) is 11.5 Å². The Kier molecular flexibility index (Phi) is 7.56. The Morgan fingerprint density at radius 3 is 2.36 bits per heavy atom. The largest absolute Gasteiger partial charge is 0.493 e. The van der Waals surface area contributed by atoms with E-state index in [1.54, 1.807) is 33.3 Å². The molecule has 0 atom stereocenters. The first-order valence-corrected chi connectivity index (χ1v) is 13.2. The lowest BCUT2D eigenvalue weighted by Gasteiger charge is -2.13. The number of aromatic nitrogens is 1. The smallest absolute Gasteiger partial charge is 0.341 e. The minimum absolute atomic E-state index is 0.222. The van der Waals surface area contributed by atoms with Crippen molar-refractivity contribution in [3.63, 3.8) is 0 Å². The van der Waals surface area contributed by atoms with Crippen molar-refractivity contribution in [1.82, 2.24) is 4.98 Å². The topological polar surface area (TPSA) is 86.8 Å². The third kappa shape index (κ3) is 5.19. The highest BCUT2D eigenvalue weighted by Gasteiger charge is 2.24. The Bertz CT molecular complexity index is 1660. The quantitative estimate of drug-likeness (QED) is 0.213. The number of para-hydroxylation sites is 1. The molecule has 0 unspecified atom stereocenters. The number of anilines is 1. The minimum Gasteiger partial charge on any atom is -0.493 e. The number of thiophene rings is 1. The molecule has 3 aromatic carbocycles. The summed E-state index contributed by atoms with van der Waals surface area (Å²) in [6.07, 6.45) is 0. The molecule has 0 bridgehead atoms. The summed E-state index contributed by atoms with van der Waals surface area (Å²) in [5, 5.41) is 5.95. The first-order valence-electron chi connectivity index (χ1n) is 12.3. The molecule has 0 saturated heterocycles. The summed E-state index contributed by atoms with van der Waals surface area (Å²) >= 11 is 1.28. The van der Waals surface area contributed by atoms with Gasteiger partial charge in [-0.3, -0.25) is 4.79 Å². The van der Waals surface area contributed by atoms with Crippen molar-refractivity contribution < 1.29 is 23.8 Å². The zero-order valence-electron chi connectivity index (χ0n) is 21.7. The van der Waals surface area contributed by atoms with E-state index in [0.29, 0.717) is 49.8 Å². The first kappa shape index (κ1) is 25.9. The second-order valence-electron chi connectivity index (χ2n) is 8.54. The van der Waals surface area contributed by atoms with Crippen LogP contribution in [0.25, 0.3) is 33.3 Å². The summed E-state index contributed by atoms with van der Waals surface area (Å²) in [5.74, 6) is 0.307. The zero-order chi connectivity index (χ0) is 27.4. The van der Waals surface area contributed by atoms with Crippen molar-refractivity contribution in [3.8, 4) is 33.9 Å². The molecule has 0 aliphatic heterocycles. The Balaban J connectivity index is 1.58. The monoisotopic (exact) mass is 538 g/mol. The van der Waals surface area contributed by atoms with Crippen LogP contribution in [0.15, 0.2) is 84.2 Å². The Labute approximate surface area is 230 Å². The number of benzene rings is 3. The molecule has 1 amide bonds. The second-order valence-corrected chi connectivity index (χ2v) is 9.42. The van der Waals surface area contributed by atoms with Crippen molar-refractivity contribution in [2.24, 2.45) is 0 Å². The SMILES string of the molecule is CCOC(=O)c1c(-c2ccccc2)csc1NC(=O)c1cc(-c2ccc(OC)c(OC)c2)nc2ccccc12. The minimum atomic E-state index is -0.487. The fourth-order valence-corrected chi connectivity index (χ4v) is 5.32. The van der Waals surface area contributed by atoms with Crippen LogP contribution in [-0.4, -0.2) is 37.7 Å². The number of carbonyl (C=O) groups excluding carboxylic acids is 2. The van der Waals surface area contributed by atoms with E-state index in [-0.39, 0.29) is 12.5 Å². The molecule has 0 radical (unpaired) electrons. The van der Waals surface area contributed by atoms with Crippen LogP contribution in [0, 0.1) is 0 Å². The van der Waals surface area contributed by atoms with E-state index in [0.717, 1.165) is 11.1 Å². The number of carbonyl (C=O) groups is 2. The molecule has 0 fully saturated rings.